The topological polar surface area (TPSA) is 75.4 Å². The zero-order valence-corrected chi connectivity index (χ0v) is 12.9. The molecule has 0 amide bonds. The van der Waals surface area contributed by atoms with Crippen LogP contribution in [0.4, 0.5) is 15.8 Å². The fourth-order valence-electron chi connectivity index (χ4n) is 1.69. The van der Waals surface area contributed by atoms with Crippen molar-refractivity contribution in [2.24, 2.45) is 0 Å². The Labute approximate surface area is 124 Å². The van der Waals surface area contributed by atoms with Crippen molar-refractivity contribution in [2.75, 3.05) is 11.9 Å². The molecule has 1 aromatic carbocycles. The average molecular weight is 382 g/mol. The molecule has 1 unspecified atom stereocenters. The first-order chi connectivity index (χ1) is 8.83. The molecule has 1 aromatic rings. The van der Waals surface area contributed by atoms with E-state index >= 15 is 0 Å². The van der Waals surface area contributed by atoms with Gasteiger partial charge in [-0.25, -0.2) is 4.39 Å². The highest BCUT2D eigenvalue weighted by atomic mass is 127. The van der Waals surface area contributed by atoms with E-state index in [0.717, 1.165) is 6.07 Å². The molecule has 0 aromatic heterocycles. The molecule has 1 rings (SSSR count). The van der Waals surface area contributed by atoms with Crippen LogP contribution in [0.2, 0.25) is 0 Å². The van der Waals surface area contributed by atoms with Crippen molar-refractivity contribution in [3.8, 4) is 0 Å². The Kier molecular flexibility index (Phi) is 5.48. The van der Waals surface area contributed by atoms with Gasteiger partial charge in [0, 0.05) is 24.3 Å². The second-order valence-corrected chi connectivity index (χ2v) is 5.72. The van der Waals surface area contributed by atoms with Gasteiger partial charge in [0.05, 0.1) is 8.49 Å². The summed E-state index contributed by atoms with van der Waals surface area (Å²) >= 11 is 1.72. The van der Waals surface area contributed by atoms with Gasteiger partial charge in [0.1, 0.15) is 11.5 Å². The molecular formula is C12H16FIN2O3. The van der Waals surface area contributed by atoms with Crippen LogP contribution >= 0.6 is 22.6 Å². The number of benzene rings is 1. The summed E-state index contributed by atoms with van der Waals surface area (Å²) < 4.78 is 13.8. The minimum atomic E-state index is -0.543. The maximum Gasteiger partial charge on any atom is 0.293 e. The van der Waals surface area contributed by atoms with Crippen LogP contribution in [0, 0.1) is 19.5 Å². The van der Waals surface area contributed by atoms with Gasteiger partial charge in [0.25, 0.3) is 5.69 Å². The van der Waals surface area contributed by atoms with Gasteiger partial charge in [-0.05, 0) is 42.4 Å². The van der Waals surface area contributed by atoms with E-state index in [1.807, 2.05) is 13.8 Å². The minimum Gasteiger partial charge on any atom is -0.396 e. The summed E-state index contributed by atoms with van der Waals surface area (Å²) in [6.45, 7) is 3.69. The summed E-state index contributed by atoms with van der Waals surface area (Å²) in [5.74, 6) is -0.504. The number of nitrogens with one attached hydrogen (secondary N) is 1. The standard InChI is InChI=1S/C12H16FIN2O3/c1-3-12(2,4-5-17)15-10-6-8(13)9(14)7-11(10)16(18)19/h6-7,15,17H,3-5H2,1-2H3. The van der Waals surface area contributed by atoms with Gasteiger partial charge in [-0.1, -0.05) is 6.92 Å². The van der Waals surface area contributed by atoms with Crippen molar-refractivity contribution in [3.63, 3.8) is 0 Å². The molecule has 0 aliphatic heterocycles. The van der Waals surface area contributed by atoms with Crippen molar-refractivity contribution >= 4 is 34.0 Å². The highest BCUT2D eigenvalue weighted by molar-refractivity contribution is 14.1. The molecule has 5 nitrogen and oxygen atoms in total. The van der Waals surface area contributed by atoms with E-state index in [1.54, 1.807) is 22.6 Å². The molecule has 0 bridgehead atoms. The van der Waals surface area contributed by atoms with Gasteiger partial charge < -0.3 is 10.4 Å². The van der Waals surface area contributed by atoms with E-state index in [-0.39, 0.29) is 21.6 Å². The Morgan fingerprint density at radius 2 is 2.21 bits per heavy atom. The summed E-state index contributed by atoms with van der Waals surface area (Å²) in [5, 5.41) is 23.0. The Morgan fingerprint density at radius 1 is 1.58 bits per heavy atom. The number of anilines is 1. The van der Waals surface area contributed by atoms with Gasteiger partial charge >= 0.3 is 0 Å². The van der Waals surface area contributed by atoms with Gasteiger partial charge in [0.2, 0.25) is 0 Å². The van der Waals surface area contributed by atoms with Gasteiger partial charge in [-0.3, -0.25) is 10.1 Å². The van der Waals surface area contributed by atoms with Crippen molar-refractivity contribution in [1.29, 1.82) is 0 Å². The average Bonchev–Trinajstić information content (AvgIpc) is 2.33. The van der Waals surface area contributed by atoms with Crippen molar-refractivity contribution in [3.05, 3.63) is 31.6 Å². The second-order valence-electron chi connectivity index (χ2n) is 4.55. The van der Waals surface area contributed by atoms with Crippen LogP contribution in [0.3, 0.4) is 0 Å². The lowest BCUT2D eigenvalue weighted by molar-refractivity contribution is -0.384. The maximum atomic E-state index is 13.6. The number of aliphatic hydroxyl groups excluding tert-OH is 1. The van der Waals surface area contributed by atoms with Crippen LogP contribution in [0.5, 0.6) is 0 Å². The van der Waals surface area contributed by atoms with Gasteiger partial charge in [-0.2, -0.15) is 0 Å². The molecule has 0 fully saturated rings. The molecule has 106 valence electrons. The number of halogens is 2. The summed E-state index contributed by atoms with van der Waals surface area (Å²) in [6.07, 6.45) is 1.08. The number of aliphatic hydroxyl groups is 1. The lowest BCUT2D eigenvalue weighted by atomic mass is 9.94. The molecule has 19 heavy (non-hydrogen) atoms. The van der Waals surface area contributed by atoms with E-state index in [4.69, 9.17) is 5.11 Å². The first-order valence-electron chi connectivity index (χ1n) is 5.85. The highest BCUT2D eigenvalue weighted by Crippen LogP contribution is 2.32. The Hall–Kier alpha value is -0.960. The van der Waals surface area contributed by atoms with E-state index < -0.39 is 16.3 Å². The summed E-state index contributed by atoms with van der Waals surface area (Å²) in [7, 11) is 0. The Balaban J connectivity index is 3.18. The van der Waals surface area contributed by atoms with Crippen molar-refractivity contribution < 1.29 is 14.4 Å². The number of nitrogens with zero attached hydrogens (tertiary/aromatic N) is 1. The second kappa shape index (κ2) is 6.47. The molecular weight excluding hydrogens is 366 g/mol. The molecule has 0 heterocycles. The lowest BCUT2D eigenvalue weighted by Crippen LogP contribution is -2.35. The molecule has 0 spiro atoms. The smallest absolute Gasteiger partial charge is 0.293 e. The van der Waals surface area contributed by atoms with Crippen molar-refractivity contribution in [2.45, 2.75) is 32.2 Å². The molecule has 0 radical (unpaired) electrons. The molecule has 0 saturated carbocycles. The molecule has 0 aliphatic carbocycles. The first-order valence-corrected chi connectivity index (χ1v) is 6.93. The van der Waals surface area contributed by atoms with E-state index in [2.05, 4.69) is 5.32 Å². The maximum absolute atomic E-state index is 13.6. The van der Waals surface area contributed by atoms with Crippen LogP contribution in [0.1, 0.15) is 26.7 Å². The Bertz CT molecular complexity index is 484. The van der Waals surface area contributed by atoms with Crippen LogP contribution in [0.25, 0.3) is 0 Å². The number of hydrogen-bond acceptors (Lipinski definition) is 4. The van der Waals surface area contributed by atoms with E-state index in [9.17, 15) is 14.5 Å². The van der Waals surface area contributed by atoms with Crippen LogP contribution in [0.15, 0.2) is 12.1 Å². The van der Waals surface area contributed by atoms with Gasteiger partial charge in [-0.15, -0.1) is 0 Å². The lowest BCUT2D eigenvalue weighted by Gasteiger charge is -2.30. The zero-order chi connectivity index (χ0) is 14.6. The fraction of sp³-hybridized carbons (Fsp3) is 0.500. The van der Waals surface area contributed by atoms with E-state index in [1.165, 1.54) is 6.07 Å². The molecule has 0 saturated heterocycles. The van der Waals surface area contributed by atoms with Crippen LogP contribution in [-0.4, -0.2) is 22.2 Å². The number of rotatable bonds is 6. The summed E-state index contributed by atoms with van der Waals surface area (Å²) in [5.41, 5.74) is -0.539. The minimum absolute atomic E-state index is 0.0437. The quantitative estimate of drug-likeness (QED) is 0.450. The monoisotopic (exact) mass is 382 g/mol. The highest BCUT2D eigenvalue weighted by Gasteiger charge is 2.26. The largest absolute Gasteiger partial charge is 0.396 e. The molecule has 7 heteroatoms. The SMILES string of the molecule is CCC(C)(CCO)Nc1cc(F)c(I)cc1[N+](=O)[O-]. The first kappa shape index (κ1) is 16.1. The predicted octanol–water partition coefficient (Wildman–Crippen LogP) is 3.30. The predicted molar refractivity (Wildman–Crippen MR) is 79.8 cm³/mol. The third-order valence-electron chi connectivity index (χ3n) is 3.12. The summed E-state index contributed by atoms with van der Waals surface area (Å²) in [6, 6.07) is 2.33. The molecule has 2 N–H and O–H groups in total. The third-order valence-corrected chi connectivity index (χ3v) is 3.94. The molecule has 1 atom stereocenters. The summed E-state index contributed by atoms with van der Waals surface area (Å²) in [4.78, 5) is 10.5. The third kappa shape index (κ3) is 4.00. The fourth-order valence-corrected chi connectivity index (χ4v) is 2.14. The van der Waals surface area contributed by atoms with Gasteiger partial charge in [0.15, 0.2) is 0 Å². The van der Waals surface area contributed by atoms with E-state index in [0.29, 0.717) is 12.8 Å². The van der Waals surface area contributed by atoms with Crippen LogP contribution in [-0.2, 0) is 0 Å². The van der Waals surface area contributed by atoms with Crippen LogP contribution < -0.4 is 5.32 Å². The molecule has 0 aliphatic rings. The number of hydrogen-bond donors (Lipinski definition) is 2. The normalized spacial score (nSPS) is 13.9. The number of nitro groups is 1. The van der Waals surface area contributed by atoms with Crippen molar-refractivity contribution in [1.82, 2.24) is 0 Å². The zero-order valence-electron chi connectivity index (χ0n) is 10.7. The Morgan fingerprint density at radius 3 is 2.68 bits per heavy atom. The number of nitro benzene ring substituents is 1.